The van der Waals surface area contributed by atoms with Crippen molar-refractivity contribution in [2.24, 2.45) is 0 Å². The number of pyridine rings is 1. The van der Waals surface area contributed by atoms with E-state index in [1.807, 2.05) is 36.7 Å². The van der Waals surface area contributed by atoms with Crippen LogP contribution in [-0.2, 0) is 6.54 Å². The number of fused-ring (bicyclic) bond motifs is 3. The second-order valence-corrected chi connectivity index (χ2v) is 6.66. The van der Waals surface area contributed by atoms with Crippen LogP contribution in [0.1, 0.15) is 17.0 Å². The van der Waals surface area contributed by atoms with Crippen molar-refractivity contribution in [2.75, 3.05) is 0 Å². The number of hydrogen-bond donors (Lipinski definition) is 0. The van der Waals surface area contributed by atoms with Gasteiger partial charge < -0.3 is 4.52 Å². The van der Waals surface area contributed by atoms with Gasteiger partial charge in [-0.3, -0.25) is 4.98 Å². The minimum Gasteiger partial charge on any atom is -0.361 e. The second kappa shape index (κ2) is 6.02. The lowest BCUT2D eigenvalue weighted by atomic mass is 10.0. The van der Waals surface area contributed by atoms with E-state index in [0.717, 1.165) is 44.5 Å². The summed E-state index contributed by atoms with van der Waals surface area (Å²) in [6.07, 6.45) is 1.78. The van der Waals surface area contributed by atoms with Gasteiger partial charge in [0.1, 0.15) is 16.8 Å². The standard InChI is InChI=1S/C21H17N5O/c1-13-20(14(2)27-24-13)16-8-9-17-18(10-16)22-11-19-21(17)26(25-23-19)12-15-6-4-3-5-7-15/h3-11H,12H2,1-2H3. The molecular formula is C21H17N5O. The van der Waals surface area contributed by atoms with E-state index in [1.54, 1.807) is 6.20 Å². The van der Waals surface area contributed by atoms with Crippen LogP contribution >= 0.6 is 0 Å². The lowest BCUT2D eigenvalue weighted by Crippen LogP contribution is -2.02. The normalized spacial score (nSPS) is 11.5. The average molecular weight is 355 g/mol. The van der Waals surface area contributed by atoms with Crippen molar-refractivity contribution in [1.29, 1.82) is 0 Å². The predicted molar refractivity (Wildman–Crippen MR) is 103 cm³/mol. The first-order chi connectivity index (χ1) is 13.2. The Bertz CT molecular complexity index is 1250. The van der Waals surface area contributed by atoms with Crippen LogP contribution in [0.25, 0.3) is 33.1 Å². The van der Waals surface area contributed by atoms with E-state index in [4.69, 9.17) is 4.52 Å². The lowest BCUT2D eigenvalue weighted by molar-refractivity contribution is 0.393. The highest BCUT2D eigenvalue weighted by molar-refractivity contribution is 6.03. The van der Waals surface area contributed by atoms with Crippen molar-refractivity contribution in [3.05, 3.63) is 71.7 Å². The molecule has 0 atom stereocenters. The van der Waals surface area contributed by atoms with Gasteiger partial charge >= 0.3 is 0 Å². The Balaban J connectivity index is 1.67. The molecule has 0 saturated heterocycles. The summed E-state index contributed by atoms with van der Waals surface area (Å²) in [7, 11) is 0. The monoisotopic (exact) mass is 355 g/mol. The van der Waals surface area contributed by atoms with Crippen LogP contribution in [0.3, 0.4) is 0 Å². The molecule has 2 aromatic carbocycles. The van der Waals surface area contributed by atoms with Crippen LogP contribution in [0.2, 0.25) is 0 Å². The van der Waals surface area contributed by atoms with E-state index < -0.39 is 0 Å². The molecule has 0 aliphatic heterocycles. The van der Waals surface area contributed by atoms with Crippen molar-refractivity contribution < 1.29 is 4.52 Å². The third kappa shape index (κ3) is 2.57. The van der Waals surface area contributed by atoms with E-state index >= 15 is 0 Å². The van der Waals surface area contributed by atoms with E-state index in [9.17, 15) is 0 Å². The number of aromatic nitrogens is 5. The Hall–Kier alpha value is -3.54. The number of benzene rings is 2. The molecule has 3 aromatic heterocycles. The van der Waals surface area contributed by atoms with Gasteiger partial charge in [0.25, 0.3) is 0 Å². The largest absolute Gasteiger partial charge is 0.361 e. The fourth-order valence-corrected chi connectivity index (χ4v) is 3.58. The highest BCUT2D eigenvalue weighted by Crippen LogP contribution is 2.31. The Labute approximate surface area is 155 Å². The lowest BCUT2D eigenvalue weighted by Gasteiger charge is -2.07. The zero-order valence-corrected chi connectivity index (χ0v) is 15.0. The quantitative estimate of drug-likeness (QED) is 0.483. The smallest absolute Gasteiger partial charge is 0.141 e. The van der Waals surface area contributed by atoms with Gasteiger partial charge in [-0.05, 0) is 37.1 Å². The van der Waals surface area contributed by atoms with Gasteiger partial charge in [-0.2, -0.15) is 0 Å². The summed E-state index contributed by atoms with van der Waals surface area (Å²) in [6.45, 7) is 4.54. The van der Waals surface area contributed by atoms with Gasteiger partial charge in [0.05, 0.1) is 24.0 Å². The van der Waals surface area contributed by atoms with Crippen LogP contribution in [0.4, 0.5) is 0 Å². The Morgan fingerprint density at radius 1 is 1.00 bits per heavy atom. The molecule has 0 radical (unpaired) electrons. The molecule has 0 unspecified atom stereocenters. The molecule has 0 spiro atoms. The third-order valence-electron chi connectivity index (χ3n) is 4.84. The molecule has 5 aromatic rings. The molecule has 132 valence electrons. The molecule has 0 fully saturated rings. The van der Waals surface area contributed by atoms with Gasteiger partial charge in [-0.25, -0.2) is 4.68 Å². The molecule has 0 N–H and O–H groups in total. The predicted octanol–water partition coefficient (Wildman–Crippen LogP) is 4.30. The summed E-state index contributed by atoms with van der Waals surface area (Å²) in [5, 5.41) is 13.7. The zero-order valence-electron chi connectivity index (χ0n) is 15.0. The average Bonchev–Trinajstić information content (AvgIpc) is 3.25. The topological polar surface area (TPSA) is 69.6 Å². The maximum absolute atomic E-state index is 5.31. The molecule has 0 bridgehead atoms. The zero-order chi connectivity index (χ0) is 18.4. The maximum Gasteiger partial charge on any atom is 0.141 e. The minimum atomic E-state index is 0.669. The van der Waals surface area contributed by atoms with Gasteiger partial charge in [0, 0.05) is 10.9 Å². The first-order valence-electron chi connectivity index (χ1n) is 8.80. The number of aryl methyl sites for hydroxylation is 2. The SMILES string of the molecule is Cc1noc(C)c1-c1ccc2c(c1)ncc1nnn(Cc3ccccc3)c12. The van der Waals surface area contributed by atoms with Crippen molar-refractivity contribution >= 4 is 21.9 Å². The summed E-state index contributed by atoms with van der Waals surface area (Å²) in [6, 6.07) is 16.5. The molecule has 6 nitrogen and oxygen atoms in total. The van der Waals surface area contributed by atoms with Crippen molar-refractivity contribution in [3.8, 4) is 11.1 Å². The van der Waals surface area contributed by atoms with Gasteiger partial charge in [-0.1, -0.05) is 46.8 Å². The number of hydrogen-bond acceptors (Lipinski definition) is 5. The Morgan fingerprint density at radius 2 is 1.85 bits per heavy atom. The summed E-state index contributed by atoms with van der Waals surface area (Å²) in [4.78, 5) is 4.59. The van der Waals surface area contributed by atoms with E-state index in [1.165, 1.54) is 5.56 Å². The molecule has 6 heteroatoms. The van der Waals surface area contributed by atoms with Gasteiger partial charge in [-0.15, -0.1) is 5.10 Å². The van der Waals surface area contributed by atoms with Crippen LogP contribution in [0.5, 0.6) is 0 Å². The van der Waals surface area contributed by atoms with Gasteiger partial charge in [0.2, 0.25) is 0 Å². The maximum atomic E-state index is 5.31. The molecular weight excluding hydrogens is 338 g/mol. The molecule has 27 heavy (non-hydrogen) atoms. The summed E-state index contributed by atoms with van der Waals surface area (Å²) >= 11 is 0. The number of rotatable bonds is 3. The molecule has 0 saturated carbocycles. The van der Waals surface area contributed by atoms with Crippen LogP contribution < -0.4 is 0 Å². The van der Waals surface area contributed by atoms with Crippen LogP contribution in [0.15, 0.2) is 59.3 Å². The summed E-state index contributed by atoms with van der Waals surface area (Å²) in [5.41, 5.74) is 6.82. The highest BCUT2D eigenvalue weighted by atomic mass is 16.5. The minimum absolute atomic E-state index is 0.669. The summed E-state index contributed by atoms with van der Waals surface area (Å²) < 4.78 is 7.25. The molecule has 0 amide bonds. The van der Waals surface area contributed by atoms with Crippen LogP contribution in [0, 0.1) is 13.8 Å². The van der Waals surface area contributed by atoms with E-state index in [2.05, 4.69) is 50.8 Å². The Kier molecular flexibility index (Phi) is 3.50. The highest BCUT2D eigenvalue weighted by Gasteiger charge is 2.15. The Morgan fingerprint density at radius 3 is 2.63 bits per heavy atom. The fourth-order valence-electron chi connectivity index (χ4n) is 3.58. The van der Waals surface area contributed by atoms with Gasteiger partial charge in [0.15, 0.2) is 0 Å². The summed E-state index contributed by atoms with van der Waals surface area (Å²) in [5.74, 6) is 0.809. The van der Waals surface area contributed by atoms with Crippen molar-refractivity contribution in [1.82, 2.24) is 25.1 Å². The molecule has 5 rings (SSSR count). The number of nitrogens with zero attached hydrogens (tertiary/aromatic N) is 5. The van der Waals surface area contributed by atoms with E-state index in [-0.39, 0.29) is 0 Å². The van der Waals surface area contributed by atoms with Crippen molar-refractivity contribution in [3.63, 3.8) is 0 Å². The van der Waals surface area contributed by atoms with Crippen molar-refractivity contribution in [2.45, 2.75) is 20.4 Å². The molecule has 0 aliphatic rings. The first kappa shape index (κ1) is 15.7. The second-order valence-electron chi connectivity index (χ2n) is 6.66. The van der Waals surface area contributed by atoms with Crippen LogP contribution in [-0.4, -0.2) is 25.1 Å². The fraction of sp³-hybridized carbons (Fsp3) is 0.143. The first-order valence-corrected chi connectivity index (χ1v) is 8.80. The molecule has 3 heterocycles. The molecule has 0 aliphatic carbocycles. The third-order valence-corrected chi connectivity index (χ3v) is 4.84. The van der Waals surface area contributed by atoms with E-state index in [0.29, 0.717) is 6.54 Å².